The van der Waals surface area contributed by atoms with Gasteiger partial charge in [0.15, 0.2) is 5.75 Å². The van der Waals surface area contributed by atoms with Crippen molar-refractivity contribution in [3.63, 3.8) is 0 Å². The van der Waals surface area contributed by atoms with E-state index in [1.165, 1.54) is 18.2 Å². The fraction of sp³-hybridized carbons (Fsp3) is 0.188. The van der Waals surface area contributed by atoms with Crippen LogP contribution in [0.2, 0.25) is 0 Å². The molecule has 110 valence electrons. The van der Waals surface area contributed by atoms with Crippen LogP contribution in [0.25, 0.3) is 0 Å². The first-order valence-electron chi connectivity index (χ1n) is 6.61. The Morgan fingerprint density at radius 1 is 1.14 bits per heavy atom. The number of carbonyl (C=O) groups excluding carboxylic acids is 1. The van der Waals surface area contributed by atoms with Crippen LogP contribution in [0.15, 0.2) is 48.5 Å². The molecule has 0 aliphatic carbocycles. The summed E-state index contributed by atoms with van der Waals surface area (Å²) in [6.45, 7) is 4.24. The molecule has 0 saturated carbocycles. The second kappa shape index (κ2) is 8.47. The second-order valence-corrected chi connectivity index (χ2v) is 3.88. The summed E-state index contributed by atoms with van der Waals surface area (Å²) in [6, 6.07) is 13.5. The van der Waals surface area contributed by atoms with Crippen LogP contribution in [-0.4, -0.2) is 11.2 Å². The first-order chi connectivity index (χ1) is 10.2. The highest BCUT2D eigenvalue weighted by molar-refractivity contribution is 5.77. The Bertz CT molecular complexity index is 596. The van der Waals surface area contributed by atoms with E-state index in [0.717, 1.165) is 5.56 Å². The Labute approximate surface area is 123 Å². The minimum absolute atomic E-state index is 0.152. The van der Waals surface area contributed by atoms with Gasteiger partial charge in [-0.15, -0.1) is 0 Å². The van der Waals surface area contributed by atoms with Gasteiger partial charge in [-0.05, 0) is 17.7 Å². The summed E-state index contributed by atoms with van der Waals surface area (Å²) in [7, 11) is 0. The summed E-state index contributed by atoms with van der Waals surface area (Å²) in [5.74, 6) is 0.152. The quantitative estimate of drug-likeness (QED) is 0.473. The third-order valence-corrected chi connectivity index (χ3v) is 2.55. The topological polar surface area (TPSA) is 69.4 Å². The van der Waals surface area contributed by atoms with Crippen molar-refractivity contribution in [3.8, 4) is 5.75 Å². The van der Waals surface area contributed by atoms with Gasteiger partial charge in [-0.2, -0.15) is 0 Å². The summed E-state index contributed by atoms with van der Waals surface area (Å²) < 4.78 is 5.43. The average Bonchev–Trinajstić information content (AvgIpc) is 2.55. The largest absolute Gasteiger partial charge is 0.482 e. The van der Waals surface area contributed by atoms with Crippen LogP contribution in [-0.2, 0) is 6.61 Å². The van der Waals surface area contributed by atoms with E-state index < -0.39 is 4.92 Å². The van der Waals surface area contributed by atoms with Crippen LogP contribution < -0.4 is 4.74 Å². The molecule has 0 amide bonds. The Morgan fingerprint density at radius 2 is 1.81 bits per heavy atom. The molecule has 0 aliphatic rings. The number of nitro groups is 1. The number of benzene rings is 2. The van der Waals surface area contributed by atoms with Gasteiger partial charge in [-0.1, -0.05) is 44.2 Å². The van der Waals surface area contributed by atoms with Gasteiger partial charge in [-0.3, -0.25) is 14.9 Å². The van der Waals surface area contributed by atoms with E-state index in [-0.39, 0.29) is 23.6 Å². The summed E-state index contributed by atoms with van der Waals surface area (Å²) in [5, 5.41) is 10.9. The number of carbonyl (C=O) groups is 1. The molecule has 0 saturated heterocycles. The van der Waals surface area contributed by atoms with Gasteiger partial charge in [0, 0.05) is 11.6 Å². The number of rotatable bonds is 5. The maximum absolute atomic E-state index is 10.9. The van der Waals surface area contributed by atoms with Crippen molar-refractivity contribution in [1.82, 2.24) is 0 Å². The molecule has 2 aromatic rings. The van der Waals surface area contributed by atoms with Crippen molar-refractivity contribution < 1.29 is 14.5 Å². The fourth-order valence-corrected chi connectivity index (χ4v) is 1.61. The Hall–Kier alpha value is -2.69. The number of hydrogen-bond donors (Lipinski definition) is 0. The Balaban J connectivity index is 0.00000106. The van der Waals surface area contributed by atoms with Crippen molar-refractivity contribution in [2.75, 3.05) is 0 Å². The number of nitrogens with zero attached hydrogens (tertiary/aromatic N) is 1. The molecule has 0 radical (unpaired) electrons. The number of ether oxygens (including phenoxy) is 1. The highest BCUT2D eigenvalue weighted by atomic mass is 16.6. The molecule has 0 bridgehead atoms. The van der Waals surface area contributed by atoms with Gasteiger partial charge >= 0.3 is 5.69 Å². The predicted octanol–water partition coefficient (Wildman–Crippen LogP) is 4.01. The van der Waals surface area contributed by atoms with E-state index in [1.807, 2.05) is 44.2 Å². The van der Waals surface area contributed by atoms with Crippen molar-refractivity contribution in [1.29, 1.82) is 0 Å². The molecule has 0 unspecified atom stereocenters. The van der Waals surface area contributed by atoms with E-state index in [0.29, 0.717) is 6.29 Å². The molecule has 5 heteroatoms. The van der Waals surface area contributed by atoms with Crippen LogP contribution in [0, 0.1) is 10.1 Å². The molecule has 0 fully saturated rings. The smallest absolute Gasteiger partial charge is 0.311 e. The van der Waals surface area contributed by atoms with E-state index in [2.05, 4.69) is 0 Å². The molecule has 0 spiro atoms. The lowest BCUT2D eigenvalue weighted by Gasteiger charge is -2.07. The maximum Gasteiger partial charge on any atom is 0.311 e. The summed E-state index contributed by atoms with van der Waals surface area (Å²) in [6.07, 6.45) is 0.563. The highest BCUT2D eigenvalue weighted by Gasteiger charge is 2.15. The summed E-state index contributed by atoms with van der Waals surface area (Å²) in [5.41, 5.74) is 0.954. The van der Waals surface area contributed by atoms with Crippen LogP contribution in [0.1, 0.15) is 29.8 Å². The lowest BCUT2D eigenvalue weighted by atomic mass is 10.2. The molecular weight excluding hydrogens is 270 g/mol. The lowest BCUT2D eigenvalue weighted by Crippen LogP contribution is -1.99. The van der Waals surface area contributed by atoms with Gasteiger partial charge in [0.2, 0.25) is 0 Å². The fourth-order valence-electron chi connectivity index (χ4n) is 1.61. The molecule has 0 aliphatic heterocycles. The van der Waals surface area contributed by atoms with Crippen LogP contribution >= 0.6 is 0 Å². The number of hydrogen-bond acceptors (Lipinski definition) is 4. The Morgan fingerprint density at radius 3 is 2.38 bits per heavy atom. The second-order valence-electron chi connectivity index (χ2n) is 3.88. The lowest BCUT2D eigenvalue weighted by molar-refractivity contribution is -0.386. The van der Waals surface area contributed by atoms with Gasteiger partial charge in [0.25, 0.3) is 0 Å². The number of aldehydes is 1. The minimum atomic E-state index is -0.562. The van der Waals surface area contributed by atoms with Crippen molar-refractivity contribution in [3.05, 3.63) is 69.8 Å². The predicted molar refractivity (Wildman–Crippen MR) is 80.6 cm³/mol. The zero-order valence-electron chi connectivity index (χ0n) is 12.0. The van der Waals surface area contributed by atoms with Crippen LogP contribution in [0.5, 0.6) is 5.75 Å². The monoisotopic (exact) mass is 287 g/mol. The van der Waals surface area contributed by atoms with E-state index in [4.69, 9.17) is 4.74 Å². The van der Waals surface area contributed by atoms with Crippen molar-refractivity contribution in [2.24, 2.45) is 0 Å². The van der Waals surface area contributed by atoms with E-state index in [1.54, 1.807) is 0 Å². The van der Waals surface area contributed by atoms with Crippen molar-refractivity contribution in [2.45, 2.75) is 20.5 Å². The zero-order chi connectivity index (χ0) is 15.7. The molecule has 21 heavy (non-hydrogen) atoms. The molecule has 0 N–H and O–H groups in total. The van der Waals surface area contributed by atoms with Crippen molar-refractivity contribution >= 4 is 12.0 Å². The third-order valence-electron chi connectivity index (χ3n) is 2.55. The molecule has 2 rings (SSSR count). The number of nitro benzene ring substituents is 1. The highest BCUT2D eigenvalue weighted by Crippen LogP contribution is 2.28. The molecule has 0 heterocycles. The van der Waals surface area contributed by atoms with Gasteiger partial charge in [0.05, 0.1) is 4.92 Å². The van der Waals surface area contributed by atoms with E-state index in [9.17, 15) is 14.9 Å². The van der Waals surface area contributed by atoms with Crippen LogP contribution in [0.3, 0.4) is 0 Å². The molecule has 2 aromatic carbocycles. The Kier molecular flexibility index (Phi) is 6.60. The SMILES string of the molecule is CC.O=Cc1ccc(OCc2ccccc2)c([N+](=O)[O-])c1. The zero-order valence-corrected chi connectivity index (χ0v) is 12.0. The summed E-state index contributed by atoms with van der Waals surface area (Å²) >= 11 is 0. The maximum atomic E-state index is 10.9. The molecular formula is C16H17NO4. The van der Waals surface area contributed by atoms with Gasteiger partial charge in [-0.25, -0.2) is 0 Å². The minimum Gasteiger partial charge on any atom is -0.482 e. The normalized spacial score (nSPS) is 9.24. The standard InChI is InChI=1S/C14H11NO4.C2H6/c16-9-12-6-7-14(13(8-12)15(17)18)19-10-11-4-2-1-3-5-11;1-2/h1-9H,10H2;1-2H3. The summed E-state index contributed by atoms with van der Waals surface area (Å²) in [4.78, 5) is 21.0. The third kappa shape index (κ3) is 4.72. The van der Waals surface area contributed by atoms with Gasteiger partial charge in [0.1, 0.15) is 12.9 Å². The average molecular weight is 287 g/mol. The van der Waals surface area contributed by atoms with Gasteiger partial charge < -0.3 is 4.74 Å². The first-order valence-corrected chi connectivity index (χ1v) is 6.61. The van der Waals surface area contributed by atoms with Crippen LogP contribution in [0.4, 0.5) is 5.69 Å². The molecule has 0 aromatic heterocycles. The first kappa shape index (κ1) is 16.4. The molecule has 0 atom stereocenters. The van der Waals surface area contributed by atoms with E-state index >= 15 is 0 Å². The molecule has 5 nitrogen and oxygen atoms in total.